The normalized spacial score (nSPS) is 14.8. The van der Waals surface area contributed by atoms with Gasteiger partial charge < -0.3 is 19.2 Å². The van der Waals surface area contributed by atoms with Gasteiger partial charge in [-0.2, -0.15) is 0 Å². The predicted octanol–water partition coefficient (Wildman–Crippen LogP) is 3.31. The van der Waals surface area contributed by atoms with Crippen molar-refractivity contribution in [2.75, 3.05) is 61.6 Å². The summed E-state index contributed by atoms with van der Waals surface area (Å²) in [4.78, 5) is 19.2. The molecule has 0 fully saturated rings. The summed E-state index contributed by atoms with van der Waals surface area (Å²) in [6.07, 6.45) is 9.75. The van der Waals surface area contributed by atoms with Crippen molar-refractivity contribution in [2.45, 2.75) is 13.8 Å². The second-order valence-corrected chi connectivity index (χ2v) is 13.4. The maximum Gasteiger partial charge on any atom is 0.368 e. The lowest BCUT2D eigenvalue weighted by atomic mass is 10.0. The molecule has 1 heterocycles. The van der Waals surface area contributed by atoms with Crippen LogP contribution in [0.3, 0.4) is 0 Å². The maximum absolute atomic E-state index is 12.4. The van der Waals surface area contributed by atoms with E-state index in [-0.39, 0.29) is 23.6 Å². The predicted molar refractivity (Wildman–Crippen MR) is 173 cm³/mol. The van der Waals surface area contributed by atoms with Crippen molar-refractivity contribution < 1.29 is 35.9 Å². The highest BCUT2D eigenvalue weighted by atomic mass is 32.2. The van der Waals surface area contributed by atoms with E-state index in [1.807, 2.05) is 43.1 Å². The molecule has 2 aromatic carbocycles. The summed E-state index contributed by atoms with van der Waals surface area (Å²) in [5.74, 6) is -0.0684. The zero-order valence-corrected chi connectivity index (χ0v) is 26.8. The molecule has 238 valence electrons. The van der Waals surface area contributed by atoms with E-state index in [0.29, 0.717) is 43.4 Å². The van der Waals surface area contributed by atoms with Crippen LogP contribution in [0, 0.1) is 0 Å². The maximum atomic E-state index is 12.4. The van der Waals surface area contributed by atoms with Crippen molar-refractivity contribution in [3.8, 4) is 5.75 Å². The van der Waals surface area contributed by atoms with Crippen molar-refractivity contribution in [3.63, 3.8) is 0 Å². The first-order chi connectivity index (χ1) is 20.9. The van der Waals surface area contributed by atoms with Crippen LogP contribution in [0.25, 0.3) is 6.08 Å². The Hall–Kier alpha value is -3.98. The summed E-state index contributed by atoms with van der Waals surface area (Å²) in [5, 5.41) is 3.88. The van der Waals surface area contributed by atoms with Crippen molar-refractivity contribution in [2.24, 2.45) is 5.16 Å². The molecule has 0 spiro atoms. The smallest absolute Gasteiger partial charge is 0.368 e. The van der Waals surface area contributed by atoms with Gasteiger partial charge in [0.15, 0.2) is 0 Å². The van der Waals surface area contributed by atoms with E-state index in [9.17, 15) is 21.6 Å². The molecule has 2 aromatic rings. The SMILES string of the molecule is CCOCCOc1cc(N(C)CCNS(C)(=O)=O)ccc1C=CC=CC=C1C(=O)ON=C1c1cccc(NS(=O)(=O)CC)c1. The van der Waals surface area contributed by atoms with Gasteiger partial charge in [-0.05, 0) is 44.2 Å². The fourth-order valence-corrected chi connectivity index (χ4v) is 4.99. The Kier molecular flexibility index (Phi) is 12.7. The van der Waals surface area contributed by atoms with Gasteiger partial charge in [-0.1, -0.05) is 41.6 Å². The monoisotopic (exact) mass is 646 g/mol. The number of anilines is 2. The van der Waals surface area contributed by atoms with Crippen LogP contribution in [0.15, 0.2) is 77.5 Å². The highest BCUT2D eigenvalue weighted by molar-refractivity contribution is 7.92. The van der Waals surface area contributed by atoms with Gasteiger partial charge in [0.25, 0.3) is 0 Å². The van der Waals surface area contributed by atoms with Crippen LogP contribution >= 0.6 is 0 Å². The minimum atomic E-state index is -3.47. The molecule has 0 aliphatic carbocycles. The second-order valence-electron chi connectivity index (χ2n) is 9.58. The fraction of sp³-hybridized carbons (Fsp3) is 0.333. The van der Waals surface area contributed by atoms with Crippen molar-refractivity contribution in [3.05, 3.63) is 83.5 Å². The molecule has 0 saturated carbocycles. The van der Waals surface area contributed by atoms with Crippen LogP contribution in [0.5, 0.6) is 5.75 Å². The molecule has 0 unspecified atom stereocenters. The summed E-state index contributed by atoms with van der Waals surface area (Å²) in [5.41, 5.74) is 3.04. The molecule has 12 nitrogen and oxygen atoms in total. The number of carbonyl (C=O) groups excluding carboxylic acids is 1. The van der Waals surface area contributed by atoms with Gasteiger partial charge in [0, 0.05) is 55.3 Å². The van der Waals surface area contributed by atoms with E-state index in [4.69, 9.17) is 14.3 Å². The molecule has 14 heteroatoms. The number of likely N-dealkylation sites (N-methyl/N-ethyl adjacent to an activating group) is 1. The van der Waals surface area contributed by atoms with E-state index < -0.39 is 26.0 Å². The lowest BCUT2D eigenvalue weighted by Crippen LogP contribution is -2.32. The van der Waals surface area contributed by atoms with E-state index in [1.54, 1.807) is 48.6 Å². The Labute approximate surface area is 259 Å². The Balaban J connectivity index is 1.75. The van der Waals surface area contributed by atoms with Crippen LogP contribution in [0.2, 0.25) is 0 Å². The second kappa shape index (κ2) is 16.2. The van der Waals surface area contributed by atoms with Crippen LogP contribution in [-0.4, -0.2) is 80.5 Å². The van der Waals surface area contributed by atoms with Crippen molar-refractivity contribution >= 4 is 49.2 Å². The number of hydrogen-bond acceptors (Lipinski definition) is 10. The summed E-state index contributed by atoms with van der Waals surface area (Å²) >= 11 is 0. The number of nitrogens with one attached hydrogen (secondary N) is 2. The highest BCUT2D eigenvalue weighted by Crippen LogP contribution is 2.27. The van der Waals surface area contributed by atoms with Gasteiger partial charge in [0.2, 0.25) is 20.0 Å². The van der Waals surface area contributed by atoms with Crippen molar-refractivity contribution in [1.82, 2.24) is 4.72 Å². The third-order valence-electron chi connectivity index (χ3n) is 6.18. The summed E-state index contributed by atoms with van der Waals surface area (Å²) in [7, 11) is -4.88. The Morgan fingerprint density at radius 1 is 1.02 bits per heavy atom. The highest BCUT2D eigenvalue weighted by Gasteiger charge is 2.26. The minimum Gasteiger partial charge on any atom is -0.490 e. The number of nitrogens with zero attached hydrogens (tertiary/aromatic N) is 2. The van der Waals surface area contributed by atoms with Crippen molar-refractivity contribution in [1.29, 1.82) is 0 Å². The first kappa shape index (κ1) is 34.5. The molecule has 3 rings (SSSR count). The molecular weight excluding hydrogens is 608 g/mol. The number of rotatable bonds is 17. The zero-order valence-electron chi connectivity index (χ0n) is 25.1. The quantitative estimate of drug-likeness (QED) is 0.114. The zero-order chi connectivity index (χ0) is 32.2. The largest absolute Gasteiger partial charge is 0.490 e. The summed E-state index contributed by atoms with van der Waals surface area (Å²) in [6, 6.07) is 12.2. The lowest BCUT2D eigenvalue weighted by Gasteiger charge is -2.21. The topological polar surface area (TPSA) is 153 Å². The Morgan fingerprint density at radius 2 is 1.82 bits per heavy atom. The molecule has 1 aliphatic rings. The number of oxime groups is 1. The van der Waals surface area contributed by atoms with E-state index in [1.165, 1.54) is 6.92 Å². The summed E-state index contributed by atoms with van der Waals surface area (Å²) < 4.78 is 63.0. The van der Waals surface area contributed by atoms with Crippen LogP contribution in [-0.2, 0) is 34.4 Å². The van der Waals surface area contributed by atoms with Crippen LogP contribution in [0.1, 0.15) is 25.0 Å². The van der Waals surface area contributed by atoms with E-state index >= 15 is 0 Å². The average Bonchev–Trinajstić information content (AvgIpc) is 3.34. The molecule has 0 saturated heterocycles. The molecule has 1 aliphatic heterocycles. The average molecular weight is 647 g/mol. The van der Waals surface area contributed by atoms with Gasteiger partial charge >= 0.3 is 5.97 Å². The van der Waals surface area contributed by atoms with Gasteiger partial charge in [-0.25, -0.2) is 26.4 Å². The third kappa shape index (κ3) is 10.9. The van der Waals surface area contributed by atoms with E-state index in [0.717, 1.165) is 17.5 Å². The van der Waals surface area contributed by atoms with E-state index in [2.05, 4.69) is 14.6 Å². The first-order valence-corrected chi connectivity index (χ1v) is 17.4. The van der Waals surface area contributed by atoms with Gasteiger partial charge in [0.1, 0.15) is 18.1 Å². The number of allylic oxidation sites excluding steroid dienone is 4. The molecule has 0 aromatic heterocycles. The minimum absolute atomic E-state index is 0.0731. The number of ether oxygens (including phenoxy) is 2. The lowest BCUT2D eigenvalue weighted by molar-refractivity contribution is -0.136. The molecule has 2 N–H and O–H groups in total. The fourth-order valence-electron chi connectivity index (χ4n) is 3.90. The van der Waals surface area contributed by atoms with Crippen LogP contribution in [0.4, 0.5) is 11.4 Å². The van der Waals surface area contributed by atoms with Gasteiger partial charge in [-0.3, -0.25) is 4.72 Å². The summed E-state index contributed by atoms with van der Waals surface area (Å²) in [6.45, 7) is 5.53. The van der Waals surface area contributed by atoms with Gasteiger partial charge in [-0.15, -0.1) is 0 Å². The molecule has 0 radical (unpaired) electrons. The molecule has 44 heavy (non-hydrogen) atoms. The molecular formula is C30H38N4O8S2. The number of carbonyl (C=O) groups is 1. The Morgan fingerprint density at radius 3 is 2.55 bits per heavy atom. The molecule has 0 amide bonds. The number of hydrogen-bond donors (Lipinski definition) is 2. The molecule has 0 bridgehead atoms. The third-order valence-corrected chi connectivity index (χ3v) is 8.22. The number of benzene rings is 2. The number of sulfonamides is 2. The standard InChI is InChI=1S/C30H38N4O8S2/c1-5-40-19-20-41-28-22-26(34(3)18-17-31-43(4,36)37)16-15-23(28)11-8-7-9-14-27-29(32-42-30(27)35)24-12-10-13-25(21-24)33-44(38,39)6-2/h7-16,21-22,31,33H,5-6,17-20H2,1-4H3. The Bertz CT molecular complexity index is 1650. The van der Waals surface area contributed by atoms with Gasteiger partial charge in [0.05, 0.1) is 24.2 Å². The first-order valence-electron chi connectivity index (χ1n) is 13.9. The van der Waals surface area contributed by atoms with Crippen LogP contribution < -0.4 is 19.1 Å². The molecule has 0 atom stereocenters.